The van der Waals surface area contributed by atoms with Gasteiger partial charge >= 0.3 is 0 Å². The molecule has 0 saturated heterocycles. The Balaban J connectivity index is 2.32. The fraction of sp³-hybridized carbons (Fsp3) is 0.375. The standard InChI is InChI=1S/C16H20FN3OS/c1-16(2,3)22(21)20-14(15-18-9-4-10-19-15)13-7-5-12(11-17)6-8-13/h4-10,14,20H,11H2,1-3H3/t14-,22?/m0/s1. The zero-order valence-electron chi connectivity index (χ0n) is 12.9. The first-order valence-electron chi connectivity index (χ1n) is 7.01. The molecular weight excluding hydrogens is 301 g/mol. The maximum atomic E-state index is 12.7. The van der Waals surface area contributed by atoms with Gasteiger partial charge in [0.2, 0.25) is 0 Å². The van der Waals surface area contributed by atoms with E-state index < -0.39 is 28.8 Å². The molecule has 4 nitrogen and oxygen atoms in total. The van der Waals surface area contributed by atoms with Crippen LogP contribution in [0.15, 0.2) is 42.7 Å². The van der Waals surface area contributed by atoms with Gasteiger partial charge in [0.15, 0.2) is 5.82 Å². The number of halogens is 1. The Morgan fingerprint density at radius 1 is 1.18 bits per heavy atom. The van der Waals surface area contributed by atoms with Crippen molar-refractivity contribution in [1.82, 2.24) is 14.7 Å². The van der Waals surface area contributed by atoms with E-state index in [0.717, 1.165) is 5.56 Å². The van der Waals surface area contributed by atoms with Gasteiger partial charge in [0, 0.05) is 23.8 Å². The highest BCUT2D eigenvalue weighted by Gasteiger charge is 2.31. The van der Waals surface area contributed by atoms with Crippen LogP contribution in [0.3, 0.4) is 0 Å². The van der Waals surface area contributed by atoms with Gasteiger partial charge in [0.1, 0.15) is 17.5 Å². The molecule has 2 atom stereocenters. The summed E-state index contributed by atoms with van der Waals surface area (Å²) in [7, 11) is 0. The minimum Gasteiger partial charge on any atom is -0.598 e. The first-order valence-corrected chi connectivity index (χ1v) is 8.16. The molecular formula is C16H20FN3OS. The lowest BCUT2D eigenvalue weighted by Crippen LogP contribution is -2.42. The number of aromatic nitrogens is 2. The largest absolute Gasteiger partial charge is 0.598 e. The summed E-state index contributed by atoms with van der Waals surface area (Å²) in [5.41, 5.74) is 1.45. The maximum absolute atomic E-state index is 12.7. The molecule has 2 aromatic rings. The van der Waals surface area contributed by atoms with Crippen LogP contribution in [0.25, 0.3) is 0 Å². The van der Waals surface area contributed by atoms with Crippen molar-refractivity contribution in [1.29, 1.82) is 0 Å². The van der Waals surface area contributed by atoms with E-state index in [1.807, 2.05) is 32.9 Å². The van der Waals surface area contributed by atoms with Crippen LogP contribution in [-0.4, -0.2) is 19.3 Å². The van der Waals surface area contributed by atoms with Crippen LogP contribution in [0, 0.1) is 0 Å². The summed E-state index contributed by atoms with van der Waals surface area (Å²) in [4.78, 5) is 8.50. The predicted molar refractivity (Wildman–Crippen MR) is 86.2 cm³/mol. The normalized spacial score (nSPS) is 14.6. The number of nitrogens with zero attached hydrogens (tertiary/aromatic N) is 2. The zero-order chi connectivity index (χ0) is 16.2. The minimum atomic E-state index is -1.28. The van der Waals surface area contributed by atoms with Gasteiger partial charge in [-0.2, -0.15) is 0 Å². The first-order chi connectivity index (χ1) is 10.4. The van der Waals surface area contributed by atoms with Gasteiger partial charge < -0.3 is 4.55 Å². The number of benzene rings is 1. The smallest absolute Gasteiger partial charge is 0.154 e. The van der Waals surface area contributed by atoms with E-state index in [1.165, 1.54) is 0 Å². The van der Waals surface area contributed by atoms with Crippen LogP contribution >= 0.6 is 0 Å². The second-order valence-corrected chi connectivity index (χ2v) is 7.91. The molecule has 1 N–H and O–H groups in total. The molecule has 0 saturated carbocycles. The third kappa shape index (κ3) is 4.25. The molecule has 118 valence electrons. The summed E-state index contributed by atoms with van der Waals surface area (Å²) >= 11 is -1.28. The van der Waals surface area contributed by atoms with Gasteiger partial charge in [-0.15, -0.1) is 4.72 Å². The van der Waals surface area contributed by atoms with E-state index >= 15 is 0 Å². The van der Waals surface area contributed by atoms with Crippen LogP contribution in [0.2, 0.25) is 0 Å². The highest BCUT2D eigenvalue weighted by Crippen LogP contribution is 2.24. The van der Waals surface area contributed by atoms with E-state index in [1.54, 1.807) is 30.6 Å². The van der Waals surface area contributed by atoms with Crippen molar-refractivity contribution in [3.05, 3.63) is 59.7 Å². The Hall–Kier alpha value is -1.50. The Morgan fingerprint density at radius 3 is 2.27 bits per heavy atom. The van der Waals surface area contributed by atoms with Gasteiger partial charge in [0.05, 0.1) is 0 Å². The monoisotopic (exact) mass is 321 g/mol. The van der Waals surface area contributed by atoms with Gasteiger partial charge in [-0.1, -0.05) is 24.3 Å². The van der Waals surface area contributed by atoms with Crippen molar-refractivity contribution in [2.45, 2.75) is 38.2 Å². The zero-order valence-corrected chi connectivity index (χ0v) is 13.7. The second-order valence-electron chi connectivity index (χ2n) is 5.91. The number of hydrogen-bond acceptors (Lipinski definition) is 4. The number of nitrogens with one attached hydrogen (secondary N) is 1. The molecule has 1 aromatic heterocycles. The topological polar surface area (TPSA) is 60.9 Å². The van der Waals surface area contributed by atoms with Crippen LogP contribution in [0.1, 0.15) is 43.8 Å². The summed E-state index contributed by atoms with van der Waals surface area (Å²) in [5.74, 6) is 0.535. The quantitative estimate of drug-likeness (QED) is 0.860. The molecule has 0 bridgehead atoms. The Kier molecular flexibility index (Phi) is 5.50. The van der Waals surface area contributed by atoms with Gasteiger partial charge in [-0.3, -0.25) is 0 Å². The van der Waals surface area contributed by atoms with Crippen molar-refractivity contribution in [3.8, 4) is 0 Å². The molecule has 22 heavy (non-hydrogen) atoms. The Labute approximate surface area is 133 Å². The molecule has 1 aromatic carbocycles. The fourth-order valence-corrected chi connectivity index (χ4v) is 2.62. The maximum Gasteiger partial charge on any atom is 0.154 e. The van der Waals surface area contributed by atoms with Crippen LogP contribution < -0.4 is 4.72 Å². The van der Waals surface area contributed by atoms with Crippen molar-refractivity contribution < 1.29 is 8.94 Å². The molecule has 0 aliphatic carbocycles. The molecule has 6 heteroatoms. The van der Waals surface area contributed by atoms with Crippen LogP contribution in [0.5, 0.6) is 0 Å². The molecule has 0 amide bonds. The molecule has 0 radical (unpaired) electrons. The van der Waals surface area contributed by atoms with E-state index in [4.69, 9.17) is 0 Å². The molecule has 0 aliphatic rings. The summed E-state index contributed by atoms with van der Waals surface area (Å²) in [6.45, 7) is 5.18. The van der Waals surface area contributed by atoms with Gasteiger partial charge in [-0.25, -0.2) is 14.4 Å². The van der Waals surface area contributed by atoms with Gasteiger partial charge in [-0.05, 0) is 38.0 Å². The minimum absolute atomic E-state index is 0.407. The SMILES string of the molecule is CC(C)(C)[S+]([O-])N[C@@H](c1ccc(CF)cc1)c1ncccn1. The second kappa shape index (κ2) is 7.17. The van der Waals surface area contributed by atoms with Crippen molar-refractivity contribution >= 4 is 11.4 Å². The Bertz CT molecular complexity index is 587. The van der Waals surface area contributed by atoms with E-state index in [0.29, 0.717) is 11.4 Å². The third-order valence-corrected chi connectivity index (χ3v) is 4.65. The number of alkyl halides is 1. The highest BCUT2D eigenvalue weighted by molar-refractivity contribution is 7.90. The van der Waals surface area contributed by atoms with Crippen molar-refractivity contribution in [3.63, 3.8) is 0 Å². The third-order valence-electron chi connectivity index (χ3n) is 3.09. The average Bonchev–Trinajstić information content (AvgIpc) is 2.52. The average molecular weight is 321 g/mol. The Morgan fingerprint density at radius 2 is 1.77 bits per heavy atom. The van der Waals surface area contributed by atoms with E-state index in [9.17, 15) is 8.94 Å². The number of hydrogen-bond donors (Lipinski definition) is 1. The highest BCUT2D eigenvalue weighted by atomic mass is 32.2. The summed E-state index contributed by atoms with van der Waals surface area (Å²) < 4.78 is 27.8. The van der Waals surface area contributed by atoms with E-state index in [2.05, 4.69) is 14.7 Å². The molecule has 0 aliphatic heterocycles. The van der Waals surface area contributed by atoms with Crippen LogP contribution in [-0.2, 0) is 18.0 Å². The van der Waals surface area contributed by atoms with Crippen LogP contribution in [0.4, 0.5) is 4.39 Å². The van der Waals surface area contributed by atoms with E-state index in [-0.39, 0.29) is 0 Å². The molecule has 2 rings (SSSR count). The summed E-state index contributed by atoms with van der Waals surface area (Å²) in [6.07, 6.45) is 3.29. The molecule has 0 spiro atoms. The molecule has 1 heterocycles. The molecule has 0 fully saturated rings. The lowest BCUT2D eigenvalue weighted by atomic mass is 10.1. The lowest BCUT2D eigenvalue weighted by molar-refractivity contribution is 0.485. The molecule has 1 unspecified atom stereocenters. The predicted octanol–water partition coefficient (Wildman–Crippen LogP) is 3.09. The fourth-order valence-electron chi connectivity index (χ4n) is 1.81. The van der Waals surface area contributed by atoms with Crippen molar-refractivity contribution in [2.24, 2.45) is 0 Å². The summed E-state index contributed by atoms with van der Waals surface area (Å²) in [5, 5.41) is 0. The lowest BCUT2D eigenvalue weighted by Gasteiger charge is -2.27. The number of rotatable bonds is 5. The first kappa shape index (κ1) is 16.9. The van der Waals surface area contributed by atoms with Crippen molar-refractivity contribution in [2.75, 3.05) is 0 Å². The summed E-state index contributed by atoms with van der Waals surface area (Å²) in [6, 6.07) is 8.37. The van der Waals surface area contributed by atoms with Gasteiger partial charge in [0.25, 0.3) is 0 Å².